The molecule has 0 unspecified atom stereocenters. The zero-order valence-electron chi connectivity index (χ0n) is 17.0. The zero-order valence-corrected chi connectivity index (χ0v) is 17.0. The maximum atomic E-state index is 13.0. The van der Waals surface area contributed by atoms with Gasteiger partial charge in [-0.15, -0.1) is 0 Å². The highest BCUT2D eigenvalue weighted by Crippen LogP contribution is 2.22. The van der Waals surface area contributed by atoms with Gasteiger partial charge in [0.1, 0.15) is 11.6 Å². The highest BCUT2D eigenvalue weighted by Gasteiger charge is 2.07. The molecule has 29 heavy (non-hydrogen) atoms. The van der Waals surface area contributed by atoms with Gasteiger partial charge in [0, 0.05) is 6.61 Å². The van der Waals surface area contributed by atoms with Crippen molar-refractivity contribution in [2.75, 3.05) is 26.4 Å². The Morgan fingerprint density at radius 2 is 1.48 bits per heavy atom. The topological polar surface area (TPSA) is 44.8 Å². The predicted molar refractivity (Wildman–Crippen MR) is 112 cm³/mol. The van der Waals surface area contributed by atoms with Gasteiger partial charge in [0.2, 0.25) is 0 Å². The first-order valence-corrected chi connectivity index (χ1v) is 10.0. The first-order chi connectivity index (χ1) is 14.1. The van der Waals surface area contributed by atoms with Gasteiger partial charge >= 0.3 is 5.97 Å². The average molecular weight is 400 g/mol. The summed E-state index contributed by atoms with van der Waals surface area (Å²) in [5.74, 6) is 0.203. The van der Waals surface area contributed by atoms with Crippen molar-refractivity contribution in [1.29, 1.82) is 0 Å². The minimum Gasteiger partial charge on any atom is -0.494 e. The summed E-state index contributed by atoms with van der Waals surface area (Å²) in [4.78, 5) is 11.4. The molecule has 0 spiro atoms. The largest absolute Gasteiger partial charge is 0.494 e. The van der Waals surface area contributed by atoms with Gasteiger partial charge in [-0.05, 0) is 61.6 Å². The number of halogens is 1. The van der Waals surface area contributed by atoms with Crippen molar-refractivity contribution in [1.82, 2.24) is 0 Å². The molecule has 4 nitrogen and oxygen atoms in total. The molecule has 0 N–H and O–H groups in total. The van der Waals surface area contributed by atoms with Crippen molar-refractivity contribution in [2.45, 2.75) is 32.6 Å². The minimum atomic E-state index is -0.393. The minimum absolute atomic E-state index is 0.218. The Balaban J connectivity index is 1.53. The van der Waals surface area contributed by atoms with Crippen molar-refractivity contribution in [2.24, 2.45) is 0 Å². The molecule has 0 heterocycles. The van der Waals surface area contributed by atoms with Crippen LogP contribution >= 0.6 is 0 Å². The van der Waals surface area contributed by atoms with Gasteiger partial charge in [-0.25, -0.2) is 9.18 Å². The van der Waals surface area contributed by atoms with Crippen LogP contribution in [0.3, 0.4) is 0 Å². The summed E-state index contributed by atoms with van der Waals surface area (Å²) in [6.07, 6.45) is 3.99. The van der Waals surface area contributed by atoms with Crippen molar-refractivity contribution in [3.8, 4) is 16.9 Å². The molecule has 0 aliphatic rings. The summed E-state index contributed by atoms with van der Waals surface area (Å²) in [5, 5.41) is 0. The third kappa shape index (κ3) is 8.48. The SMILES string of the molecule is C=C(COCCCCCCOc1ccc(-c2ccc(F)cc2)cc1)C(=O)OCC. The van der Waals surface area contributed by atoms with E-state index in [1.54, 1.807) is 19.1 Å². The van der Waals surface area contributed by atoms with Gasteiger partial charge in [0.15, 0.2) is 0 Å². The maximum Gasteiger partial charge on any atom is 0.335 e. The summed E-state index contributed by atoms with van der Waals surface area (Å²) >= 11 is 0. The number of rotatable bonds is 13. The molecule has 0 saturated heterocycles. The highest BCUT2D eigenvalue weighted by molar-refractivity contribution is 5.87. The van der Waals surface area contributed by atoms with Crippen molar-refractivity contribution < 1.29 is 23.4 Å². The van der Waals surface area contributed by atoms with Crippen LogP contribution in [0.2, 0.25) is 0 Å². The molecule has 156 valence electrons. The van der Waals surface area contributed by atoms with E-state index in [-0.39, 0.29) is 12.4 Å². The summed E-state index contributed by atoms with van der Waals surface area (Å²) < 4.78 is 29.1. The van der Waals surface area contributed by atoms with Gasteiger partial charge in [0.05, 0.1) is 25.4 Å². The molecule has 0 atom stereocenters. The van der Waals surface area contributed by atoms with Crippen LogP contribution in [-0.4, -0.2) is 32.4 Å². The number of carbonyl (C=O) groups excluding carboxylic acids is 1. The lowest BCUT2D eigenvalue weighted by molar-refractivity contribution is -0.139. The normalized spacial score (nSPS) is 10.6. The monoisotopic (exact) mass is 400 g/mol. The van der Waals surface area contributed by atoms with Gasteiger partial charge in [-0.3, -0.25) is 0 Å². The fourth-order valence-electron chi connectivity index (χ4n) is 2.72. The molecule has 5 heteroatoms. The fourth-order valence-corrected chi connectivity index (χ4v) is 2.72. The Hall–Kier alpha value is -2.66. The molecule has 0 bridgehead atoms. The van der Waals surface area contributed by atoms with Crippen LogP contribution in [0.1, 0.15) is 32.6 Å². The molecular weight excluding hydrogens is 371 g/mol. The maximum absolute atomic E-state index is 13.0. The van der Waals surface area contributed by atoms with Gasteiger partial charge < -0.3 is 14.2 Å². The third-order valence-corrected chi connectivity index (χ3v) is 4.32. The highest BCUT2D eigenvalue weighted by atomic mass is 19.1. The van der Waals surface area contributed by atoms with E-state index in [4.69, 9.17) is 14.2 Å². The van der Waals surface area contributed by atoms with E-state index < -0.39 is 5.97 Å². The standard InChI is InChI=1S/C24H29FO4/c1-3-28-24(26)19(2)18-27-16-6-4-5-7-17-29-23-14-10-21(11-15-23)20-8-12-22(25)13-9-20/h8-15H,2-7,16-18H2,1H3. The second-order valence-corrected chi connectivity index (χ2v) is 6.67. The lowest BCUT2D eigenvalue weighted by Crippen LogP contribution is -2.12. The summed E-state index contributed by atoms with van der Waals surface area (Å²) in [7, 11) is 0. The molecule has 0 radical (unpaired) electrons. The van der Waals surface area contributed by atoms with Crippen LogP contribution in [0.4, 0.5) is 4.39 Å². The molecule has 0 aliphatic heterocycles. The number of ether oxygens (including phenoxy) is 3. The molecule has 2 aromatic rings. The average Bonchev–Trinajstić information content (AvgIpc) is 2.73. The first-order valence-electron chi connectivity index (χ1n) is 10.0. The summed E-state index contributed by atoms with van der Waals surface area (Å²) in [6, 6.07) is 14.3. The molecule has 0 aliphatic carbocycles. The van der Waals surface area contributed by atoms with Crippen LogP contribution in [-0.2, 0) is 14.3 Å². The lowest BCUT2D eigenvalue weighted by atomic mass is 10.1. The van der Waals surface area contributed by atoms with E-state index in [9.17, 15) is 9.18 Å². The molecule has 0 fully saturated rings. The molecular formula is C24H29FO4. The molecule has 2 aromatic carbocycles. The van der Waals surface area contributed by atoms with Gasteiger partial charge in [-0.2, -0.15) is 0 Å². The molecule has 0 aromatic heterocycles. The number of benzene rings is 2. The first kappa shape index (κ1) is 22.6. The second-order valence-electron chi connectivity index (χ2n) is 6.67. The van der Waals surface area contributed by atoms with Crippen LogP contribution in [0.25, 0.3) is 11.1 Å². The summed E-state index contributed by atoms with van der Waals surface area (Å²) in [5.41, 5.74) is 2.36. The quantitative estimate of drug-likeness (QED) is 0.251. The van der Waals surface area contributed by atoms with Crippen molar-refractivity contribution >= 4 is 5.97 Å². The number of carbonyl (C=O) groups is 1. The Labute approximate surface area is 172 Å². The summed E-state index contributed by atoms with van der Waals surface area (Å²) in [6.45, 7) is 7.25. The Morgan fingerprint density at radius 1 is 0.897 bits per heavy atom. The zero-order chi connectivity index (χ0) is 20.9. The van der Waals surface area contributed by atoms with E-state index in [0.717, 1.165) is 42.6 Å². The number of unbranched alkanes of at least 4 members (excludes halogenated alkanes) is 3. The molecule has 0 amide bonds. The molecule has 2 rings (SSSR count). The van der Waals surface area contributed by atoms with E-state index in [2.05, 4.69) is 6.58 Å². The van der Waals surface area contributed by atoms with Crippen LogP contribution in [0.15, 0.2) is 60.7 Å². The number of esters is 1. The predicted octanol–water partition coefficient (Wildman–Crippen LogP) is 5.57. The van der Waals surface area contributed by atoms with E-state index in [0.29, 0.717) is 25.4 Å². The van der Waals surface area contributed by atoms with E-state index in [1.807, 2.05) is 24.3 Å². The second kappa shape index (κ2) is 12.7. The lowest BCUT2D eigenvalue weighted by Gasteiger charge is -2.08. The third-order valence-electron chi connectivity index (χ3n) is 4.32. The smallest absolute Gasteiger partial charge is 0.335 e. The van der Waals surface area contributed by atoms with Gasteiger partial charge in [0.25, 0.3) is 0 Å². The van der Waals surface area contributed by atoms with E-state index >= 15 is 0 Å². The number of hydrogen-bond donors (Lipinski definition) is 0. The Bertz CT molecular complexity index is 753. The van der Waals surface area contributed by atoms with E-state index in [1.165, 1.54) is 12.1 Å². The Kier molecular flexibility index (Phi) is 9.93. The van der Waals surface area contributed by atoms with Crippen molar-refractivity contribution in [3.05, 3.63) is 66.5 Å². The van der Waals surface area contributed by atoms with Crippen molar-refractivity contribution in [3.63, 3.8) is 0 Å². The van der Waals surface area contributed by atoms with Crippen LogP contribution < -0.4 is 4.74 Å². The fraction of sp³-hybridized carbons (Fsp3) is 0.375. The Morgan fingerprint density at radius 3 is 2.10 bits per heavy atom. The van der Waals surface area contributed by atoms with Crippen LogP contribution in [0.5, 0.6) is 5.75 Å². The molecule has 0 saturated carbocycles. The van der Waals surface area contributed by atoms with Gasteiger partial charge in [-0.1, -0.05) is 37.3 Å². The number of hydrogen-bond acceptors (Lipinski definition) is 4. The van der Waals surface area contributed by atoms with Crippen LogP contribution in [0, 0.1) is 5.82 Å².